The van der Waals surface area contributed by atoms with E-state index in [9.17, 15) is 24.3 Å². The molecule has 2 heterocycles. The highest BCUT2D eigenvalue weighted by atomic mass is 35.5. The number of rotatable bonds is 4. The molecule has 172 valence electrons. The number of aromatic carboxylic acids is 1. The van der Waals surface area contributed by atoms with Gasteiger partial charge in [0.2, 0.25) is 0 Å². The molecule has 1 fully saturated rings. The summed E-state index contributed by atoms with van der Waals surface area (Å²) in [5.74, 6) is -2.62. The molecule has 2 aromatic carbocycles. The number of barbiturate groups is 1. The molecule has 0 bridgehead atoms. The predicted octanol–water partition coefficient (Wildman–Crippen LogP) is 4.42. The number of benzene rings is 2. The fourth-order valence-electron chi connectivity index (χ4n) is 3.88. The van der Waals surface area contributed by atoms with Crippen LogP contribution in [0.3, 0.4) is 0 Å². The average Bonchev–Trinajstić information content (AvgIpc) is 3.06. The molecule has 3 aromatic rings. The Bertz CT molecular complexity index is 1420. The summed E-state index contributed by atoms with van der Waals surface area (Å²) in [4.78, 5) is 50.5. The lowest BCUT2D eigenvalue weighted by atomic mass is 10.1. The number of nitrogens with zero attached hydrogens (tertiary/aromatic N) is 2. The van der Waals surface area contributed by atoms with Crippen molar-refractivity contribution in [2.24, 2.45) is 0 Å². The van der Waals surface area contributed by atoms with Crippen LogP contribution in [0.15, 0.2) is 54.1 Å². The van der Waals surface area contributed by atoms with Crippen molar-refractivity contribution < 1.29 is 24.3 Å². The molecule has 2 N–H and O–H groups in total. The summed E-state index contributed by atoms with van der Waals surface area (Å²) in [6.07, 6.45) is 1.42. The Labute approximate surface area is 200 Å². The maximum Gasteiger partial charge on any atom is 0.335 e. The smallest absolute Gasteiger partial charge is 0.335 e. The highest BCUT2D eigenvalue weighted by Crippen LogP contribution is 2.28. The van der Waals surface area contributed by atoms with E-state index in [4.69, 9.17) is 11.6 Å². The molecule has 0 aliphatic carbocycles. The number of amides is 4. The third-order valence-electron chi connectivity index (χ3n) is 5.64. The average molecular weight is 478 g/mol. The first-order valence-corrected chi connectivity index (χ1v) is 10.7. The van der Waals surface area contributed by atoms with E-state index in [1.807, 2.05) is 11.5 Å². The number of aryl methyl sites for hydroxylation is 2. The van der Waals surface area contributed by atoms with Crippen LogP contribution in [0.5, 0.6) is 0 Å². The van der Waals surface area contributed by atoms with Gasteiger partial charge in [-0.3, -0.25) is 14.9 Å². The van der Waals surface area contributed by atoms with Crippen molar-refractivity contribution in [1.82, 2.24) is 9.88 Å². The van der Waals surface area contributed by atoms with Crippen molar-refractivity contribution in [2.45, 2.75) is 20.8 Å². The molecule has 0 spiro atoms. The SMILES string of the molecule is Cc1ccc(N2C(=O)NC(=O)/C(=C/c3cc(C)n(-c4cccc(C(=O)O)c4)c3C)C2=O)cc1Cl. The number of imide groups is 2. The molecule has 34 heavy (non-hydrogen) atoms. The third kappa shape index (κ3) is 3.99. The van der Waals surface area contributed by atoms with Gasteiger partial charge in [0, 0.05) is 22.1 Å². The molecule has 0 saturated carbocycles. The van der Waals surface area contributed by atoms with E-state index in [1.54, 1.807) is 50.2 Å². The second-order valence-electron chi connectivity index (χ2n) is 7.91. The maximum absolute atomic E-state index is 13.2. The van der Waals surface area contributed by atoms with Crippen LogP contribution < -0.4 is 10.2 Å². The molecule has 4 amide bonds. The zero-order chi connectivity index (χ0) is 24.7. The van der Waals surface area contributed by atoms with Gasteiger partial charge < -0.3 is 9.67 Å². The van der Waals surface area contributed by atoms with Gasteiger partial charge in [-0.2, -0.15) is 0 Å². The molecule has 8 nitrogen and oxygen atoms in total. The van der Waals surface area contributed by atoms with Crippen molar-refractivity contribution in [2.75, 3.05) is 4.90 Å². The van der Waals surface area contributed by atoms with E-state index in [-0.39, 0.29) is 16.8 Å². The molecule has 9 heteroatoms. The van der Waals surface area contributed by atoms with Gasteiger partial charge in [0.25, 0.3) is 11.8 Å². The van der Waals surface area contributed by atoms with Gasteiger partial charge in [0.1, 0.15) is 5.57 Å². The summed E-state index contributed by atoms with van der Waals surface area (Å²) in [6.45, 7) is 5.41. The first-order valence-electron chi connectivity index (χ1n) is 10.3. The van der Waals surface area contributed by atoms with Crippen LogP contribution in [0.1, 0.15) is 32.9 Å². The van der Waals surface area contributed by atoms with Crippen LogP contribution in [-0.4, -0.2) is 33.5 Å². The standard InChI is InChI=1S/C25H20ClN3O5/c1-13-7-8-19(12-21(13)26)29-23(31)20(22(30)27-25(29)34)11-17-9-14(2)28(15(17)3)18-6-4-5-16(10-18)24(32)33/h4-12H,1-3H3,(H,32,33)(H,27,30,34)/b20-11-. The summed E-state index contributed by atoms with van der Waals surface area (Å²) >= 11 is 6.16. The van der Waals surface area contributed by atoms with Crippen molar-refractivity contribution in [1.29, 1.82) is 0 Å². The first-order chi connectivity index (χ1) is 16.1. The molecule has 1 saturated heterocycles. The van der Waals surface area contributed by atoms with E-state index in [0.29, 0.717) is 22.0 Å². The Morgan fingerprint density at radius 2 is 1.74 bits per heavy atom. The number of hydrogen-bond acceptors (Lipinski definition) is 4. The molecule has 0 unspecified atom stereocenters. The Hall–Kier alpha value is -4.17. The minimum atomic E-state index is -1.04. The Balaban J connectivity index is 1.77. The van der Waals surface area contributed by atoms with Crippen LogP contribution in [0, 0.1) is 20.8 Å². The van der Waals surface area contributed by atoms with Crippen LogP contribution in [0.25, 0.3) is 11.8 Å². The maximum atomic E-state index is 13.2. The Morgan fingerprint density at radius 1 is 1.00 bits per heavy atom. The molecule has 4 rings (SSSR count). The van der Waals surface area contributed by atoms with E-state index in [2.05, 4.69) is 5.32 Å². The predicted molar refractivity (Wildman–Crippen MR) is 127 cm³/mol. The normalized spacial score (nSPS) is 15.1. The highest BCUT2D eigenvalue weighted by molar-refractivity contribution is 6.39. The largest absolute Gasteiger partial charge is 0.478 e. The molecular formula is C25H20ClN3O5. The molecule has 0 radical (unpaired) electrons. The number of halogens is 1. The number of anilines is 1. The number of carbonyl (C=O) groups excluding carboxylic acids is 3. The number of carbonyl (C=O) groups is 4. The molecular weight excluding hydrogens is 458 g/mol. The molecule has 1 aromatic heterocycles. The fraction of sp³-hybridized carbons (Fsp3) is 0.120. The summed E-state index contributed by atoms with van der Waals surface area (Å²) < 4.78 is 1.83. The summed E-state index contributed by atoms with van der Waals surface area (Å²) in [6, 6.07) is 12.1. The van der Waals surface area contributed by atoms with Crippen LogP contribution in [0.2, 0.25) is 5.02 Å². The van der Waals surface area contributed by atoms with Crippen LogP contribution >= 0.6 is 11.6 Å². The van der Waals surface area contributed by atoms with E-state index in [1.165, 1.54) is 18.2 Å². The first kappa shape index (κ1) is 23.0. The summed E-state index contributed by atoms with van der Waals surface area (Å²) in [5, 5.41) is 11.9. The van der Waals surface area contributed by atoms with Gasteiger partial charge in [0.05, 0.1) is 11.3 Å². The number of aromatic nitrogens is 1. The quantitative estimate of drug-likeness (QED) is 0.427. The van der Waals surface area contributed by atoms with Crippen LogP contribution in [-0.2, 0) is 9.59 Å². The van der Waals surface area contributed by atoms with Gasteiger partial charge >= 0.3 is 12.0 Å². The minimum absolute atomic E-state index is 0.137. The van der Waals surface area contributed by atoms with Gasteiger partial charge in [-0.15, -0.1) is 0 Å². The van der Waals surface area contributed by atoms with E-state index >= 15 is 0 Å². The third-order valence-corrected chi connectivity index (χ3v) is 6.04. The second-order valence-corrected chi connectivity index (χ2v) is 8.32. The van der Waals surface area contributed by atoms with E-state index < -0.39 is 23.8 Å². The van der Waals surface area contributed by atoms with Crippen molar-refractivity contribution in [3.05, 3.63) is 87.2 Å². The van der Waals surface area contributed by atoms with Gasteiger partial charge in [-0.25, -0.2) is 14.5 Å². The van der Waals surface area contributed by atoms with Gasteiger partial charge in [-0.1, -0.05) is 23.7 Å². The lowest BCUT2D eigenvalue weighted by molar-refractivity contribution is -0.122. The highest BCUT2D eigenvalue weighted by Gasteiger charge is 2.37. The Morgan fingerprint density at radius 3 is 2.41 bits per heavy atom. The molecule has 0 atom stereocenters. The fourth-order valence-corrected chi connectivity index (χ4v) is 4.05. The van der Waals surface area contributed by atoms with E-state index in [0.717, 1.165) is 16.2 Å². The Kier molecular flexibility index (Phi) is 5.85. The van der Waals surface area contributed by atoms with Crippen molar-refractivity contribution >= 4 is 47.2 Å². The van der Waals surface area contributed by atoms with Crippen LogP contribution in [0.4, 0.5) is 10.5 Å². The topological polar surface area (TPSA) is 109 Å². The van der Waals surface area contributed by atoms with Gasteiger partial charge in [-0.05, 0) is 74.4 Å². The zero-order valence-corrected chi connectivity index (χ0v) is 19.3. The summed E-state index contributed by atoms with van der Waals surface area (Å²) in [5.41, 5.74) is 3.62. The number of carboxylic acids is 1. The van der Waals surface area contributed by atoms with Crippen molar-refractivity contribution in [3.63, 3.8) is 0 Å². The number of hydrogen-bond donors (Lipinski definition) is 2. The monoisotopic (exact) mass is 477 g/mol. The molecule has 1 aliphatic rings. The number of urea groups is 1. The summed E-state index contributed by atoms with van der Waals surface area (Å²) in [7, 11) is 0. The lowest BCUT2D eigenvalue weighted by Gasteiger charge is -2.26. The lowest BCUT2D eigenvalue weighted by Crippen LogP contribution is -2.54. The minimum Gasteiger partial charge on any atom is -0.478 e. The zero-order valence-electron chi connectivity index (χ0n) is 18.5. The van der Waals surface area contributed by atoms with Crippen molar-refractivity contribution in [3.8, 4) is 5.69 Å². The number of carboxylic acid groups (broad SMARTS) is 1. The number of nitrogens with one attached hydrogen (secondary N) is 1. The van der Waals surface area contributed by atoms with Gasteiger partial charge in [0.15, 0.2) is 0 Å². The second kappa shape index (κ2) is 8.64. The molecule has 1 aliphatic heterocycles.